The summed E-state index contributed by atoms with van der Waals surface area (Å²) in [5.74, 6) is -1.41. The number of amides is 2. The van der Waals surface area contributed by atoms with Gasteiger partial charge in [-0.1, -0.05) is 27.7 Å². The normalized spacial score (nSPS) is 13.8. The van der Waals surface area contributed by atoms with E-state index in [1.165, 1.54) is 0 Å². The summed E-state index contributed by atoms with van der Waals surface area (Å²) < 4.78 is 0. The molecule has 0 heterocycles. The molecule has 19 heavy (non-hydrogen) atoms. The molecule has 0 aliphatic heterocycles. The van der Waals surface area contributed by atoms with Crippen LogP contribution < -0.4 is 10.6 Å². The molecule has 2 amide bonds. The molecule has 5 nitrogen and oxygen atoms in total. The van der Waals surface area contributed by atoms with Crippen LogP contribution >= 0.6 is 0 Å². The topological polar surface area (TPSA) is 78.4 Å². The van der Waals surface area contributed by atoms with Crippen molar-refractivity contribution >= 4 is 12.0 Å². The molecule has 0 saturated carbocycles. The third-order valence-corrected chi connectivity index (χ3v) is 2.78. The van der Waals surface area contributed by atoms with Gasteiger partial charge in [0.2, 0.25) is 0 Å². The van der Waals surface area contributed by atoms with Crippen LogP contribution in [-0.4, -0.2) is 29.2 Å². The van der Waals surface area contributed by atoms with Crippen LogP contribution in [0.2, 0.25) is 0 Å². The molecule has 1 unspecified atom stereocenters. The number of hydrogen-bond donors (Lipinski definition) is 3. The highest BCUT2D eigenvalue weighted by Crippen LogP contribution is 2.26. The first-order valence-electron chi connectivity index (χ1n) is 6.75. The smallest absolute Gasteiger partial charge is 0.315 e. The Balaban J connectivity index is 4.27. The van der Waals surface area contributed by atoms with Crippen LogP contribution in [0.3, 0.4) is 0 Å². The lowest BCUT2D eigenvalue weighted by Crippen LogP contribution is -2.51. The molecular weight excluding hydrogens is 244 g/mol. The molecule has 0 aliphatic rings. The first kappa shape index (κ1) is 17.7. The van der Waals surface area contributed by atoms with E-state index >= 15 is 0 Å². The van der Waals surface area contributed by atoms with E-state index in [0.29, 0.717) is 6.42 Å². The highest BCUT2D eigenvalue weighted by molar-refractivity contribution is 5.76. The van der Waals surface area contributed by atoms with Gasteiger partial charge in [0.1, 0.15) is 0 Å². The van der Waals surface area contributed by atoms with Gasteiger partial charge in [-0.05, 0) is 32.1 Å². The number of urea groups is 1. The summed E-state index contributed by atoms with van der Waals surface area (Å²) in [6, 6.07) is -0.311. The predicted molar refractivity (Wildman–Crippen MR) is 76.1 cm³/mol. The minimum absolute atomic E-state index is 0.115. The van der Waals surface area contributed by atoms with Crippen molar-refractivity contribution in [3.05, 3.63) is 0 Å². The van der Waals surface area contributed by atoms with Gasteiger partial charge < -0.3 is 15.7 Å². The Morgan fingerprint density at radius 1 is 1.16 bits per heavy atom. The molecule has 0 spiro atoms. The Labute approximate surface area is 116 Å². The van der Waals surface area contributed by atoms with E-state index in [9.17, 15) is 9.59 Å². The zero-order valence-corrected chi connectivity index (χ0v) is 13.0. The third kappa shape index (κ3) is 8.46. The first-order chi connectivity index (χ1) is 8.47. The minimum Gasteiger partial charge on any atom is -0.481 e. The van der Waals surface area contributed by atoms with Crippen molar-refractivity contribution < 1.29 is 14.7 Å². The molecule has 0 aliphatic carbocycles. The van der Waals surface area contributed by atoms with Crippen LogP contribution in [0.5, 0.6) is 0 Å². The molecule has 5 heteroatoms. The fourth-order valence-electron chi connectivity index (χ4n) is 2.34. The second-order valence-electron chi connectivity index (χ2n) is 6.90. The second kappa shape index (κ2) is 6.78. The summed E-state index contributed by atoms with van der Waals surface area (Å²) in [4.78, 5) is 22.6. The number of carbonyl (C=O) groups excluding carboxylic acids is 1. The van der Waals surface area contributed by atoms with Crippen molar-refractivity contribution in [2.45, 2.75) is 59.9 Å². The Morgan fingerprint density at radius 3 is 2.05 bits per heavy atom. The molecule has 0 bridgehead atoms. The van der Waals surface area contributed by atoms with E-state index in [-0.39, 0.29) is 23.5 Å². The maximum absolute atomic E-state index is 11.8. The molecule has 0 radical (unpaired) electrons. The SMILES string of the molecule is CCC(CNC(=O)NC(C)(C)CC(C)(C)C)C(=O)O. The second-order valence-corrected chi connectivity index (χ2v) is 6.90. The van der Waals surface area contributed by atoms with E-state index in [2.05, 4.69) is 31.4 Å². The van der Waals surface area contributed by atoms with Crippen molar-refractivity contribution in [1.29, 1.82) is 0 Å². The lowest BCUT2D eigenvalue weighted by molar-refractivity contribution is -0.141. The summed E-state index contributed by atoms with van der Waals surface area (Å²) in [6.45, 7) is 12.2. The van der Waals surface area contributed by atoms with Gasteiger partial charge >= 0.3 is 12.0 Å². The maximum atomic E-state index is 11.8. The minimum atomic E-state index is -0.878. The number of rotatable bonds is 6. The monoisotopic (exact) mass is 272 g/mol. The number of hydrogen-bond acceptors (Lipinski definition) is 2. The summed E-state index contributed by atoms with van der Waals surface area (Å²) in [6.07, 6.45) is 1.34. The predicted octanol–water partition coefficient (Wildman–Crippen LogP) is 2.61. The fourth-order valence-corrected chi connectivity index (χ4v) is 2.34. The number of nitrogens with one attached hydrogen (secondary N) is 2. The Kier molecular flexibility index (Phi) is 6.33. The van der Waals surface area contributed by atoms with Gasteiger partial charge in [0, 0.05) is 12.1 Å². The third-order valence-electron chi connectivity index (χ3n) is 2.78. The standard InChI is InChI=1S/C14H28N2O3/c1-7-10(11(17)18)8-15-12(19)16-14(5,6)9-13(2,3)4/h10H,7-9H2,1-6H3,(H,17,18)(H2,15,16,19). The number of aliphatic carboxylic acids is 1. The van der Waals surface area contributed by atoms with Crippen LogP contribution in [0.15, 0.2) is 0 Å². The number of carbonyl (C=O) groups is 2. The molecule has 1 atom stereocenters. The summed E-state index contributed by atoms with van der Waals surface area (Å²) in [7, 11) is 0. The number of carboxylic acid groups (broad SMARTS) is 1. The van der Waals surface area contributed by atoms with Gasteiger partial charge in [0.15, 0.2) is 0 Å². The molecule has 0 aromatic carbocycles. The van der Waals surface area contributed by atoms with Gasteiger partial charge in [0.25, 0.3) is 0 Å². The zero-order valence-electron chi connectivity index (χ0n) is 13.0. The molecule has 0 saturated heterocycles. The average molecular weight is 272 g/mol. The van der Waals surface area contributed by atoms with E-state index in [4.69, 9.17) is 5.11 Å². The van der Waals surface area contributed by atoms with E-state index in [1.54, 1.807) is 6.92 Å². The van der Waals surface area contributed by atoms with Crippen molar-refractivity contribution in [3.8, 4) is 0 Å². The molecule has 0 aromatic heterocycles. The van der Waals surface area contributed by atoms with Gasteiger partial charge in [-0.15, -0.1) is 0 Å². The highest BCUT2D eigenvalue weighted by atomic mass is 16.4. The highest BCUT2D eigenvalue weighted by Gasteiger charge is 2.27. The average Bonchev–Trinajstić information content (AvgIpc) is 2.12. The first-order valence-corrected chi connectivity index (χ1v) is 6.75. The maximum Gasteiger partial charge on any atom is 0.315 e. The van der Waals surface area contributed by atoms with E-state index in [1.807, 2.05) is 13.8 Å². The number of carboxylic acids is 1. The van der Waals surface area contributed by atoms with Gasteiger partial charge in [-0.2, -0.15) is 0 Å². The molecular formula is C14H28N2O3. The summed E-state index contributed by atoms with van der Waals surface area (Å²) >= 11 is 0. The Bertz CT molecular complexity index is 319. The van der Waals surface area contributed by atoms with Crippen molar-refractivity contribution in [1.82, 2.24) is 10.6 Å². The van der Waals surface area contributed by atoms with Gasteiger partial charge in [-0.3, -0.25) is 4.79 Å². The van der Waals surface area contributed by atoms with Crippen LogP contribution in [0.1, 0.15) is 54.4 Å². The van der Waals surface area contributed by atoms with E-state index in [0.717, 1.165) is 6.42 Å². The molecule has 0 aromatic rings. The quantitative estimate of drug-likeness (QED) is 0.695. The van der Waals surface area contributed by atoms with Crippen LogP contribution in [0.4, 0.5) is 4.79 Å². The fraction of sp³-hybridized carbons (Fsp3) is 0.857. The van der Waals surface area contributed by atoms with Crippen LogP contribution in [0, 0.1) is 11.3 Å². The van der Waals surface area contributed by atoms with Crippen molar-refractivity contribution in [2.24, 2.45) is 11.3 Å². The lowest BCUT2D eigenvalue weighted by atomic mass is 9.82. The van der Waals surface area contributed by atoms with Crippen molar-refractivity contribution in [2.75, 3.05) is 6.54 Å². The molecule has 0 rings (SSSR count). The summed E-state index contributed by atoms with van der Waals surface area (Å²) in [5, 5.41) is 14.4. The molecule has 0 fully saturated rings. The van der Waals surface area contributed by atoms with Crippen molar-refractivity contribution in [3.63, 3.8) is 0 Å². The zero-order chi connectivity index (χ0) is 15.3. The summed E-state index contributed by atoms with van der Waals surface area (Å²) in [5.41, 5.74) is -0.211. The molecule has 112 valence electrons. The lowest BCUT2D eigenvalue weighted by Gasteiger charge is -2.33. The van der Waals surface area contributed by atoms with E-state index < -0.39 is 11.9 Å². The largest absolute Gasteiger partial charge is 0.481 e. The molecule has 3 N–H and O–H groups in total. The Hall–Kier alpha value is -1.26. The Morgan fingerprint density at radius 2 is 1.68 bits per heavy atom. The van der Waals surface area contributed by atoms with Gasteiger partial charge in [0.05, 0.1) is 5.92 Å². The van der Waals surface area contributed by atoms with Crippen LogP contribution in [-0.2, 0) is 4.79 Å². The van der Waals surface area contributed by atoms with Crippen LogP contribution in [0.25, 0.3) is 0 Å². The van der Waals surface area contributed by atoms with Gasteiger partial charge in [-0.25, -0.2) is 4.79 Å².